The Hall–Kier alpha value is -2.10. The van der Waals surface area contributed by atoms with Gasteiger partial charge in [0.15, 0.2) is 0 Å². The smallest absolute Gasteiger partial charge is 0.118 e. The monoisotopic (exact) mass is 362 g/mol. The largest absolute Gasteiger partial charge is 0.497 e. The molecule has 142 valence electrons. The zero-order valence-corrected chi connectivity index (χ0v) is 16.3. The summed E-state index contributed by atoms with van der Waals surface area (Å²) in [5.41, 5.74) is 4.17. The van der Waals surface area contributed by atoms with Crippen LogP contribution in [0.1, 0.15) is 30.4 Å². The fraction of sp³-hybridized carbons (Fsp3) is 0.417. The van der Waals surface area contributed by atoms with Crippen LogP contribution in [0.4, 0.5) is 0 Å². The predicted octanol–water partition coefficient (Wildman–Crippen LogP) is 4.49. The summed E-state index contributed by atoms with van der Waals surface area (Å²) >= 11 is 0. The van der Waals surface area contributed by atoms with Gasteiger partial charge in [0.1, 0.15) is 5.75 Å². The number of nitrogens with zero attached hydrogens (tertiary/aromatic N) is 2. The summed E-state index contributed by atoms with van der Waals surface area (Å²) < 4.78 is 5.30. The Kier molecular flexibility index (Phi) is 5.61. The molecular formula is C24H30N2O. The molecule has 3 saturated heterocycles. The van der Waals surface area contributed by atoms with Gasteiger partial charge in [-0.1, -0.05) is 54.6 Å². The van der Waals surface area contributed by atoms with Crippen molar-refractivity contribution >= 4 is 0 Å². The van der Waals surface area contributed by atoms with Crippen LogP contribution in [0.5, 0.6) is 5.75 Å². The van der Waals surface area contributed by atoms with Gasteiger partial charge in [-0.15, -0.1) is 0 Å². The van der Waals surface area contributed by atoms with Gasteiger partial charge < -0.3 is 4.74 Å². The van der Waals surface area contributed by atoms with Crippen LogP contribution < -0.4 is 4.74 Å². The van der Waals surface area contributed by atoms with Crippen LogP contribution in [0.2, 0.25) is 0 Å². The van der Waals surface area contributed by atoms with Crippen LogP contribution in [0.3, 0.4) is 0 Å². The molecule has 0 radical (unpaired) electrons. The van der Waals surface area contributed by atoms with E-state index in [0.717, 1.165) is 31.9 Å². The van der Waals surface area contributed by atoms with Crippen LogP contribution >= 0.6 is 0 Å². The van der Waals surface area contributed by atoms with E-state index in [4.69, 9.17) is 4.74 Å². The minimum absolute atomic E-state index is 0.451. The molecule has 0 unspecified atom stereocenters. The maximum Gasteiger partial charge on any atom is 0.118 e. The lowest BCUT2D eigenvalue weighted by Crippen LogP contribution is -2.58. The molecule has 0 aromatic heterocycles. The van der Waals surface area contributed by atoms with Gasteiger partial charge in [-0.3, -0.25) is 9.80 Å². The van der Waals surface area contributed by atoms with Gasteiger partial charge >= 0.3 is 0 Å². The van der Waals surface area contributed by atoms with E-state index in [-0.39, 0.29) is 0 Å². The number of fused-ring (bicyclic) bond motifs is 5. The van der Waals surface area contributed by atoms with Crippen molar-refractivity contribution in [3.63, 3.8) is 0 Å². The lowest BCUT2D eigenvalue weighted by Gasteiger charge is -2.49. The SMILES string of the molecule is C=C1CCC[C@H]2CN(Cc3ccc(OC)cc3)[C@@H]1CN2Cc1ccccc1. The third kappa shape index (κ3) is 4.26. The fourth-order valence-corrected chi connectivity index (χ4v) is 4.54. The van der Waals surface area contributed by atoms with Crippen LogP contribution in [-0.4, -0.2) is 42.1 Å². The predicted molar refractivity (Wildman–Crippen MR) is 111 cm³/mol. The second-order valence-corrected chi connectivity index (χ2v) is 7.91. The van der Waals surface area contributed by atoms with Crippen molar-refractivity contribution in [2.45, 2.75) is 44.4 Å². The van der Waals surface area contributed by atoms with Crippen molar-refractivity contribution in [3.05, 3.63) is 77.9 Å². The average Bonchev–Trinajstić information content (AvgIpc) is 2.69. The van der Waals surface area contributed by atoms with E-state index in [1.165, 1.54) is 36.0 Å². The number of ether oxygens (including phenoxy) is 1. The first kappa shape index (κ1) is 18.3. The molecule has 0 N–H and O–H groups in total. The van der Waals surface area contributed by atoms with Gasteiger partial charge in [0.05, 0.1) is 7.11 Å². The standard InChI is InChI=1S/C24H30N2O/c1-19-7-6-10-22-17-26(16-21-11-13-23(27-2)14-12-21)24(19)18-25(22)15-20-8-4-3-5-9-20/h3-5,8-9,11-14,22,24H,1,6-7,10,15-18H2,2H3/t22-,24+/m0/s1. The Morgan fingerprint density at radius 3 is 2.37 bits per heavy atom. The van der Waals surface area contributed by atoms with Gasteiger partial charge in [-0.2, -0.15) is 0 Å². The van der Waals surface area contributed by atoms with E-state index < -0.39 is 0 Å². The highest BCUT2D eigenvalue weighted by molar-refractivity contribution is 5.27. The molecule has 3 nitrogen and oxygen atoms in total. The molecule has 2 aromatic carbocycles. The van der Waals surface area contributed by atoms with Crippen LogP contribution in [-0.2, 0) is 13.1 Å². The Balaban J connectivity index is 1.50. The Labute approximate surface area is 163 Å². The number of hydrogen-bond donors (Lipinski definition) is 0. The van der Waals surface area contributed by atoms with Crippen molar-refractivity contribution < 1.29 is 4.74 Å². The Bertz CT molecular complexity index is 756. The molecule has 2 atom stereocenters. The van der Waals surface area contributed by atoms with Gasteiger partial charge in [-0.25, -0.2) is 0 Å². The van der Waals surface area contributed by atoms with Gasteiger partial charge in [0.25, 0.3) is 0 Å². The molecule has 3 aliphatic heterocycles. The summed E-state index contributed by atoms with van der Waals surface area (Å²) in [4.78, 5) is 5.34. The molecule has 3 heterocycles. The molecule has 3 heteroatoms. The zero-order valence-electron chi connectivity index (χ0n) is 16.3. The van der Waals surface area contributed by atoms with E-state index in [9.17, 15) is 0 Å². The molecule has 27 heavy (non-hydrogen) atoms. The van der Waals surface area contributed by atoms with Crippen molar-refractivity contribution in [2.24, 2.45) is 0 Å². The molecular weight excluding hydrogens is 332 g/mol. The average molecular weight is 363 g/mol. The normalized spacial score (nSPS) is 23.8. The topological polar surface area (TPSA) is 15.7 Å². The Morgan fingerprint density at radius 2 is 1.63 bits per heavy atom. The molecule has 0 aliphatic carbocycles. The first-order valence-corrected chi connectivity index (χ1v) is 10.1. The van der Waals surface area contributed by atoms with Crippen molar-refractivity contribution in [1.82, 2.24) is 9.80 Å². The number of methoxy groups -OCH3 is 1. The van der Waals surface area contributed by atoms with E-state index in [1.54, 1.807) is 7.11 Å². The molecule has 0 spiro atoms. The lowest BCUT2D eigenvalue weighted by atomic mass is 9.89. The molecule has 3 aliphatic rings. The molecule has 2 aromatic rings. The maximum atomic E-state index is 5.30. The summed E-state index contributed by atoms with van der Waals surface area (Å²) in [7, 11) is 1.72. The number of piperazine rings is 1. The van der Waals surface area contributed by atoms with E-state index in [2.05, 4.69) is 71.0 Å². The summed E-state index contributed by atoms with van der Waals surface area (Å²) in [5.74, 6) is 0.923. The summed E-state index contributed by atoms with van der Waals surface area (Å²) in [5, 5.41) is 0. The molecule has 2 bridgehead atoms. The first-order chi connectivity index (χ1) is 13.2. The Morgan fingerprint density at radius 1 is 0.926 bits per heavy atom. The van der Waals surface area contributed by atoms with E-state index >= 15 is 0 Å². The molecule has 3 fully saturated rings. The second-order valence-electron chi connectivity index (χ2n) is 7.91. The summed E-state index contributed by atoms with van der Waals surface area (Å²) in [6, 6.07) is 20.5. The highest BCUT2D eigenvalue weighted by Gasteiger charge is 2.36. The molecule has 5 rings (SSSR count). The maximum absolute atomic E-state index is 5.30. The minimum Gasteiger partial charge on any atom is -0.497 e. The van der Waals surface area contributed by atoms with Crippen LogP contribution in [0.25, 0.3) is 0 Å². The van der Waals surface area contributed by atoms with Crippen molar-refractivity contribution in [1.29, 1.82) is 0 Å². The third-order valence-corrected chi connectivity index (χ3v) is 6.09. The highest BCUT2D eigenvalue weighted by Crippen LogP contribution is 2.31. The van der Waals surface area contributed by atoms with Gasteiger partial charge in [0.2, 0.25) is 0 Å². The summed E-state index contributed by atoms with van der Waals surface area (Å²) in [6.07, 6.45) is 3.69. The van der Waals surface area contributed by atoms with E-state index in [0.29, 0.717) is 12.1 Å². The van der Waals surface area contributed by atoms with Crippen molar-refractivity contribution in [3.8, 4) is 5.75 Å². The third-order valence-electron chi connectivity index (χ3n) is 6.09. The summed E-state index contributed by atoms with van der Waals surface area (Å²) in [6.45, 7) is 8.72. The highest BCUT2D eigenvalue weighted by atomic mass is 16.5. The van der Waals surface area contributed by atoms with Gasteiger partial charge in [-0.05, 0) is 42.5 Å². The zero-order chi connectivity index (χ0) is 18.6. The first-order valence-electron chi connectivity index (χ1n) is 10.1. The van der Waals surface area contributed by atoms with Crippen LogP contribution in [0.15, 0.2) is 66.7 Å². The molecule has 0 amide bonds. The van der Waals surface area contributed by atoms with Crippen molar-refractivity contribution in [2.75, 3.05) is 20.2 Å². The molecule has 0 saturated carbocycles. The quantitative estimate of drug-likeness (QED) is 0.729. The second kappa shape index (κ2) is 8.28. The lowest BCUT2D eigenvalue weighted by molar-refractivity contribution is 0.0188. The number of rotatable bonds is 5. The number of hydrogen-bond acceptors (Lipinski definition) is 3. The van der Waals surface area contributed by atoms with E-state index in [1.807, 2.05) is 0 Å². The minimum atomic E-state index is 0.451. The van der Waals surface area contributed by atoms with Crippen LogP contribution in [0, 0.1) is 0 Å². The fourth-order valence-electron chi connectivity index (χ4n) is 4.54. The van der Waals surface area contributed by atoms with Gasteiger partial charge in [0, 0.05) is 38.3 Å². The number of benzene rings is 2.